The third-order valence-electron chi connectivity index (χ3n) is 4.32. The molecule has 0 aliphatic carbocycles. The summed E-state index contributed by atoms with van der Waals surface area (Å²) >= 11 is 0. The Morgan fingerprint density at radius 3 is 2.44 bits per heavy atom. The van der Waals surface area contributed by atoms with E-state index in [9.17, 15) is 9.18 Å². The molecule has 3 N–H and O–H groups in total. The van der Waals surface area contributed by atoms with Crippen molar-refractivity contribution in [3.63, 3.8) is 0 Å². The van der Waals surface area contributed by atoms with Crippen LogP contribution in [0, 0.1) is 12.7 Å². The molecule has 0 saturated carbocycles. The Bertz CT molecular complexity index is 937. The van der Waals surface area contributed by atoms with Crippen LogP contribution in [0.25, 0.3) is 5.69 Å². The summed E-state index contributed by atoms with van der Waals surface area (Å²) < 4.78 is 21.6. The number of aliphatic imine (C=N–C) groups is 1. The van der Waals surface area contributed by atoms with Gasteiger partial charge < -0.3 is 25.3 Å². The van der Waals surface area contributed by atoms with Gasteiger partial charge in [-0.05, 0) is 59.2 Å². The Kier molecular flexibility index (Phi) is 9.93. The lowest BCUT2D eigenvalue weighted by Crippen LogP contribution is -2.54. The zero-order valence-electron chi connectivity index (χ0n) is 19.7. The molecule has 0 bridgehead atoms. The number of aromatic nitrogens is 2. The molecule has 1 heterocycles. The zero-order chi connectivity index (χ0) is 23.2. The van der Waals surface area contributed by atoms with E-state index < -0.39 is 17.2 Å². The Hall–Kier alpha value is -2.37. The molecular weight excluding hydrogens is 526 g/mol. The first-order valence-corrected chi connectivity index (χ1v) is 10.1. The number of aryl methyl sites for hydroxylation is 1. The Morgan fingerprint density at radius 1 is 1.22 bits per heavy atom. The Balaban J connectivity index is 0.00000512. The minimum Gasteiger partial charge on any atom is -0.444 e. The summed E-state index contributed by atoms with van der Waals surface area (Å²) in [5.41, 5.74) is 0.0903. The molecule has 10 heteroatoms. The van der Waals surface area contributed by atoms with Gasteiger partial charge in [-0.15, -0.1) is 24.0 Å². The molecule has 0 atom stereocenters. The molecule has 0 fully saturated rings. The number of halogens is 2. The highest BCUT2D eigenvalue weighted by atomic mass is 127. The molecule has 32 heavy (non-hydrogen) atoms. The van der Waals surface area contributed by atoms with Crippen LogP contribution in [0.5, 0.6) is 0 Å². The second-order valence-electron chi connectivity index (χ2n) is 8.92. The van der Waals surface area contributed by atoms with Crippen molar-refractivity contribution in [2.45, 2.75) is 59.2 Å². The number of guanidine groups is 1. The number of benzene rings is 1. The fourth-order valence-corrected chi connectivity index (χ4v) is 2.82. The molecule has 1 amide bonds. The molecule has 0 saturated heterocycles. The number of nitrogens with one attached hydrogen (secondary N) is 3. The average molecular weight is 560 g/mol. The van der Waals surface area contributed by atoms with Crippen LogP contribution in [0.4, 0.5) is 9.18 Å². The van der Waals surface area contributed by atoms with E-state index in [4.69, 9.17) is 4.74 Å². The predicted octanol–water partition coefficient (Wildman–Crippen LogP) is 3.91. The van der Waals surface area contributed by atoms with Crippen molar-refractivity contribution in [2.24, 2.45) is 4.99 Å². The summed E-state index contributed by atoms with van der Waals surface area (Å²) in [5.74, 6) is 0.928. The van der Waals surface area contributed by atoms with Crippen molar-refractivity contribution in [2.75, 3.05) is 13.6 Å². The lowest BCUT2D eigenvalue weighted by Gasteiger charge is -2.29. The Morgan fingerprint density at radius 2 is 1.91 bits per heavy atom. The van der Waals surface area contributed by atoms with Gasteiger partial charge in [0.1, 0.15) is 17.2 Å². The first-order valence-electron chi connectivity index (χ1n) is 10.1. The number of carbonyl (C=O) groups excluding carboxylic acids is 1. The maximum Gasteiger partial charge on any atom is 0.408 e. The fourth-order valence-electron chi connectivity index (χ4n) is 2.82. The van der Waals surface area contributed by atoms with Crippen LogP contribution in [-0.4, -0.2) is 46.3 Å². The number of carbonyl (C=O) groups is 1. The quantitative estimate of drug-likeness (QED) is 0.283. The molecule has 0 unspecified atom stereocenters. The normalized spacial score (nSPS) is 12.1. The molecule has 0 aliphatic heterocycles. The van der Waals surface area contributed by atoms with Gasteiger partial charge in [-0.3, -0.25) is 4.99 Å². The number of alkyl carbamates (subject to hydrolysis) is 1. The molecular formula is C22H34FIN6O2. The van der Waals surface area contributed by atoms with Crippen LogP contribution in [0.1, 0.15) is 46.0 Å². The van der Waals surface area contributed by atoms with Crippen LogP contribution in [0.15, 0.2) is 35.6 Å². The van der Waals surface area contributed by atoms with Gasteiger partial charge >= 0.3 is 6.09 Å². The highest BCUT2D eigenvalue weighted by Gasteiger charge is 2.24. The fraction of sp³-hybridized carbons (Fsp3) is 0.500. The first kappa shape index (κ1) is 27.7. The van der Waals surface area contributed by atoms with E-state index in [1.165, 1.54) is 6.07 Å². The molecule has 2 rings (SSSR count). The number of hydrogen-bond donors (Lipinski definition) is 3. The van der Waals surface area contributed by atoms with Crippen molar-refractivity contribution >= 4 is 36.0 Å². The number of rotatable bonds is 6. The third kappa shape index (κ3) is 8.64. The molecule has 1 aromatic carbocycles. The van der Waals surface area contributed by atoms with Gasteiger partial charge in [0.25, 0.3) is 0 Å². The summed E-state index contributed by atoms with van der Waals surface area (Å²) in [6, 6.07) is 5.07. The number of ether oxygens (including phenoxy) is 1. The lowest BCUT2D eigenvalue weighted by molar-refractivity contribution is 0.0474. The van der Waals surface area contributed by atoms with E-state index in [-0.39, 0.29) is 29.8 Å². The maximum atomic E-state index is 14.6. The van der Waals surface area contributed by atoms with Crippen molar-refractivity contribution in [3.05, 3.63) is 47.8 Å². The van der Waals surface area contributed by atoms with Gasteiger partial charge in [-0.1, -0.05) is 6.07 Å². The van der Waals surface area contributed by atoms with Crippen molar-refractivity contribution in [1.29, 1.82) is 0 Å². The second kappa shape index (κ2) is 11.5. The standard InChI is InChI=1S/C22H33FN6O2.HI/c1-15-25-10-11-29(15)18-9-8-16(12-17(18)23)13-26-19(24-7)27-14-22(5,6)28-20(30)31-21(2,3)4;/h8-12H,13-14H2,1-7H3,(H,28,30)(H2,24,26,27);1H. The molecule has 1 aromatic heterocycles. The molecule has 0 spiro atoms. The predicted molar refractivity (Wildman–Crippen MR) is 135 cm³/mol. The van der Waals surface area contributed by atoms with Gasteiger partial charge in [0.2, 0.25) is 0 Å². The number of amides is 1. The van der Waals surface area contributed by atoms with E-state index in [0.717, 1.165) is 11.4 Å². The second-order valence-corrected chi connectivity index (χ2v) is 8.92. The minimum atomic E-state index is -0.573. The average Bonchev–Trinajstić information content (AvgIpc) is 3.05. The van der Waals surface area contributed by atoms with Gasteiger partial charge in [0.05, 0.1) is 11.2 Å². The molecule has 178 valence electrons. The van der Waals surface area contributed by atoms with Gasteiger partial charge in [0, 0.05) is 32.5 Å². The Labute approximate surface area is 206 Å². The van der Waals surface area contributed by atoms with Crippen LogP contribution < -0.4 is 16.0 Å². The molecule has 0 radical (unpaired) electrons. The van der Waals surface area contributed by atoms with Crippen molar-refractivity contribution in [1.82, 2.24) is 25.5 Å². The molecule has 8 nitrogen and oxygen atoms in total. The summed E-state index contributed by atoms with van der Waals surface area (Å²) in [4.78, 5) is 20.3. The van der Waals surface area contributed by atoms with E-state index in [2.05, 4.69) is 25.9 Å². The number of imidazole rings is 1. The van der Waals surface area contributed by atoms with Crippen LogP contribution in [0.2, 0.25) is 0 Å². The highest BCUT2D eigenvalue weighted by molar-refractivity contribution is 14.0. The largest absolute Gasteiger partial charge is 0.444 e. The van der Waals surface area contributed by atoms with Gasteiger partial charge in [-0.25, -0.2) is 14.2 Å². The van der Waals surface area contributed by atoms with E-state index in [1.54, 1.807) is 30.1 Å². The third-order valence-corrected chi connectivity index (χ3v) is 4.32. The maximum absolute atomic E-state index is 14.6. The van der Waals surface area contributed by atoms with Crippen LogP contribution in [0.3, 0.4) is 0 Å². The number of nitrogens with zero attached hydrogens (tertiary/aromatic N) is 3. The molecule has 2 aromatic rings. The van der Waals surface area contributed by atoms with Gasteiger partial charge in [-0.2, -0.15) is 0 Å². The topological polar surface area (TPSA) is 92.6 Å². The number of hydrogen-bond acceptors (Lipinski definition) is 4. The monoisotopic (exact) mass is 560 g/mol. The summed E-state index contributed by atoms with van der Waals surface area (Å²) in [6.45, 7) is 11.8. The zero-order valence-corrected chi connectivity index (χ0v) is 22.1. The van der Waals surface area contributed by atoms with Crippen molar-refractivity contribution < 1.29 is 13.9 Å². The van der Waals surface area contributed by atoms with Gasteiger partial charge in [0.15, 0.2) is 5.96 Å². The lowest BCUT2D eigenvalue weighted by atomic mass is 10.1. The van der Waals surface area contributed by atoms with E-state index in [1.807, 2.05) is 47.6 Å². The highest BCUT2D eigenvalue weighted by Crippen LogP contribution is 2.16. The SMILES string of the molecule is CN=C(NCc1ccc(-n2ccnc2C)c(F)c1)NCC(C)(C)NC(=O)OC(C)(C)C.I. The summed E-state index contributed by atoms with van der Waals surface area (Å²) in [6.07, 6.45) is 2.88. The van der Waals surface area contributed by atoms with Crippen LogP contribution >= 0.6 is 24.0 Å². The summed E-state index contributed by atoms with van der Waals surface area (Å²) in [7, 11) is 1.65. The van der Waals surface area contributed by atoms with E-state index >= 15 is 0 Å². The van der Waals surface area contributed by atoms with Crippen LogP contribution in [-0.2, 0) is 11.3 Å². The van der Waals surface area contributed by atoms with Crippen molar-refractivity contribution in [3.8, 4) is 5.69 Å². The molecule has 0 aliphatic rings. The first-order chi connectivity index (χ1) is 14.4. The minimum absolute atomic E-state index is 0. The van der Waals surface area contributed by atoms with E-state index in [0.29, 0.717) is 24.7 Å². The summed E-state index contributed by atoms with van der Waals surface area (Å²) in [5, 5.41) is 9.15. The smallest absolute Gasteiger partial charge is 0.408 e.